The Morgan fingerprint density at radius 2 is 2.00 bits per heavy atom. The number of rotatable bonds is 3. The Morgan fingerprint density at radius 1 is 1.25 bits per heavy atom. The average molecular weight is 350 g/mol. The topological polar surface area (TPSA) is 35.8 Å². The number of aryl methyl sites for hydroxylation is 1. The molecule has 2 aromatic rings. The molecule has 1 atom stereocenters. The van der Waals surface area contributed by atoms with Crippen molar-refractivity contribution in [2.75, 3.05) is 5.32 Å². The van der Waals surface area contributed by atoms with Gasteiger partial charge in [-0.25, -0.2) is 0 Å². The predicted molar refractivity (Wildman–Crippen MR) is 87.0 cm³/mol. The van der Waals surface area contributed by atoms with Crippen LogP contribution in [0.1, 0.15) is 22.7 Å². The van der Waals surface area contributed by atoms with Crippen LogP contribution in [0.4, 0.5) is 5.69 Å². The lowest BCUT2D eigenvalue weighted by Crippen LogP contribution is -2.10. The third-order valence-corrected chi connectivity index (χ3v) is 4.53. The van der Waals surface area contributed by atoms with E-state index in [1.54, 1.807) is 6.07 Å². The van der Waals surface area contributed by atoms with Crippen LogP contribution in [-0.2, 0) is 0 Å². The molecule has 20 heavy (non-hydrogen) atoms. The van der Waals surface area contributed by atoms with Gasteiger partial charge in [0, 0.05) is 10.2 Å². The van der Waals surface area contributed by atoms with E-state index in [1.807, 2.05) is 44.2 Å². The van der Waals surface area contributed by atoms with E-state index >= 15 is 0 Å². The molecule has 1 N–H and O–H groups in total. The Balaban J connectivity index is 2.32. The third-order valence-electron chi connectivity index (χ3n) is 3.32. The highest BCUT2D eigenvalue weighted by atomic mass is 79.9. The second-order valence-corrected chi connectivity index (χ2v) is 5.89. The highest BCUT2D eigenvalue weighted by Crippen LogP contribution is 2.29. The van der Waals surface area contributed by atoms with Gasteiger partial charge in [-0.15, -0.1) is 0 Å². The minimum absolute atomic E-state index is 0.386. The molecule has 2 rings (SSSR count). The monoisotopic (exact) mass is 348 g/mol. The number of anilines is 1. The number of nitriles is 1. The van der Waals surface area contributed by atoms with Gasteiger partial charge in [-0.1, -0.05) is 29.8 Å². The third kappa shape index (κ3) is 3.15. The summed E-state index contributed by atoms with van der Waals surface area (Å²) < 4.78 is 0.807. The van der Waals surface area contributed by atoms with Crippen LogP contribution < -0.4 is 5.32 Å². The van der Waals surface area contributed by atoms with Crippen LogP contribution in [0.25, 0.3) is 0 Å². The smallest absolute Gasteiger partial charge is 0.140 e. The molecule has 0 amide bonds. The van der Waals surface area contributed by atoms with E-state index in [9.17, 15) is 5.26 Å². The molecular weight excluding hydrogens is 336 g/mol. The fraction of sp³-hybridized carbons (Fsp3) is 0.188. The van der Waals surface area contributed by atoms with Crippen molar-refractivity contribution in [3.63, 3.8) is 0 Å². The second kappa shape index (κ2) is 6.30. The SMILES string of the molecule is Cc1cccc(C(C#N)Nc2ccc(Cl)c(Br)c2)c1C. The van der Waals surface area contributed by atoms with Gasteiger partial charge < -0.3 is 5.32 Å². The van der Waals surface area contributed by atoms with Crippen LogP contribution in [0.15, 0.2) is 40.9 Å². The first-order valence-electron chi connectivity index (χ1n) is 6.20. The van der Waals surface area contributed by atoms with Gasteiger partial charge in [0.05, 0.1) is 11.1 Å². The summed E-state index contributed by atoms with van der Waals surface area (Å²) in [4.78, 5) is 0. The quantitative estimate of drug-likeness (QED) is 0.805. The highest BCUT2D eigenvalue weighted by Gasteiger charge is 2.14. The molecule has 102 valence electrons. The molecule has 0 heterocycles. The van der Waals surface area contributed by atoms with E-state index in [0.717, 1.165) is 21.3 Å². The standard InChI is InChI=1S/C16H14BrClN2/c1-10-4-3-5-13(11(10)2)16(9-19)20-12-6-7-15(18)14(17)8-12/h3-8,16,20H,1-2H3. The van der Waals surface area contributed by atoms with Crippen LogP contribution in [0, 0.1) is 25.2 Å². The summed E-state index contributed by atoms with van der Waals surface area (Å²) in [5.41, 5.74) is 4.17. The fourth-order valence-corrected chi connectivity index (χ4v) is 2.52. The van der Waals surface area contributed by atoms with Gasteiger partial charge in [-0.05, 0) is 64.7 Å². The number of hydrogen-bond acceptors (Lipinski definition) is 2. The highest BCUT2D eigenvalue weighted by molar-refractivity contribution is 9.10. The van der Waals surface area contributed by atoms with Gasteiger partial charge >= 0.3 is 0 Å². The molecule has 0 aromatic heterocycles. The van der Waals surface area contributed by atoms with Crippen LogP contribution >= 0.6 is 27.5 Å². The molecule has 0 fully saturated rings. The summed E-state index contributed by atoms with van der Waals surface area (Å²) in [5.74, 6) is 0. The maximum Gasteiger partial charge on any atom is 0.140 e. The molecule has 0 bridgehead atoms. The lowest BCUT2D eigenvalue weighted by atomic mass is 9.98. The van der Waals surface area contributed by atoms with Gasteiger partial charge in [0.25, 0.3) is 0 Å². The first-order valence-corrected chi connectivity index (χ1v) is 7.37. The zero-order valence-electron chi connectivity index (χ0n) is 11.2. The van der Waals surface area contributed by atoms with Crippen LogP contribution in [0.5, 0.6) is 0 Å². The summed E-state index contributed by atoms with van der Waals surface area (Å²) in [6, 6.07) is 13.5. The maximum atomic E-state index is 9.43. The molecule has 4 heteroatoms. The molecule has 0 aliphatic heterocycles. The number of nitrogens with zero attached hydrogens (tertiary/aromatic N) is 1. The molecular formula is C16H14BrClN2. The first-order chi connectivity index (χ1) is 9.52. The van der Waals surface area contributed by atoms with Gasteiger partial charge in [-0.2, -0.15) is 5.26 Å². The lowest BCUT2D eigenvalue weighted by Gasteiger charge is -2.17. The largest absolute Gasteiger partial charge is 0.366 e. The van der Waals surface area contributed by atoms with Gasteiger partial charge in [0.1, 0.15) is 6.04 Å². The normalized spacial score (nSPS) is 11.8. The van der Waals surface area contributed by atoms with E-state index in [-0.39, 0.29) is 6.04 Å². The number of halogens is 2. The zero-order chi connectivity index (χ0) is 14.7. The maximum absolute atomic E-state index is 9.43. The first kappa shape index (κ1) is 14.9. The molecule has 0 saturated carbocycles. The fourth-order valence-electron chi connectivity index (χ4n) is 2.02. The summed E-state index contributed by atoms with van der Waals surface area (Å²) >= 11 is 9.36. The van der Waals surface area contributed by atoms with Gasteiger partial charge in [0.2, 0.25) is 0 Å². The molecule has 2 aromatic carbocycles. The molecule has 0 spiro atoms. The molecule has 2 nitrogen and oxygen atoms in total. The van der Waals surface area contributed by atoms with Crippen LogP contribution in [0.2, 0.25) is 5.02 Å². The van der Waals surface area contributed by atoms with E-state index in [2.05, 4.69) is 27.3 Å². The van der Waals surface area contributed by atoms with Crippen molar-refractivity contribution in [3.05, 3.63) is 62.6 Å². The summed E-state index contributed by atoms with van der Waals surface area (Å²) in [6.45, 7) is 4.08. The van der Waals surface area contributed by atoms with Gasteiger partial charge in [0.15, 0.2) is 0 Å². The zero-order valence-corrected chi connectivity index (χ0v) is 13.6. The van der Waals surface area contributed by atoms with Crippen molar-refractivity contribution < 1.29 is 0 Å². The Kier molecular flexibility index (Phi) is 4.69. The van der Waals surface area contributed by atoms with Crippen LogP contribution in [-0.4, -0.2) is 0 Å². The van der Waals surface area contributed by atoms with Crippen molar-refractivity contribution in [3.8, 4) is 6.07 Å². The number of hydrogen-bond donors (Lipinski definition) is 1. The van der Waals surface area contributed by atoms with Crippen molar-refractivity contribution in [1.82, 2.24) is 0 Å². The van der Waals surface area contributed by atoms with E-state index in [1.165, 1.54) is 5.56 Å². The Labute approximate surface area is 132 Å². The molecule has 0 radical (unpaired) electrons. The van der Waals surface area contributed by atoms with Crippen molar-refractivity contribution in [2.24, 2.45) is 0 Å². The molecule has 1 unspecified atom stereocenters. The predicted octanol–water partition coefficient (Wildman–Crippen LogP) is 5.40. The van der Waals surface area contributed by atoms with E-state index < -0.39 is 0 Å². The van der Waals surface area contributed by atoms with E-state index in [4.69, 9.17) is 11.6 Å². The number of benzene rings is 2. The summed E-state index contributed by atoms with van der Waals surface area (Å²) in [7, 11) is 0. The lowest BCUT2D eigenvalue weighted by molar-refractivity contribution is 0.975. The summed E-state index contributed by atoms with van der Waals surface area (Å²) in [6.07, 6.45) is 0. The summed E-state index contributed by atoms with van der Waals surface area (Å²) in [5, 5.41) is 13.3. The number of nitrogens with one attached hydrogen (secondary N) is 1. The molecule has 0 aliphatic rings. The van der Waals surface area contributed by atoms with Crippen molar-refractivity contribution in [2.45, 2.75) is 19.9 Å². The van der Waals surface area contributed by atoms with Crippen molar-refractivity contribution in [1.29, 1.82) is 5.26 Å². The average Bonchev–Trinajstić information content (AvgIpc) is 2.43. The Hall–Kier alpha value is -1.50. The minimum atomic E-state index is -0.386. The van der Waals surface area contributed by atoms with Crippen LogP contribution in [0.3, 0.4) is 0 Å². The molecule has 0 saturated heterocycles. The van der Waals surface area contributed by atoms with E-state index in [0.29, 0.717) is 5.02 Å². The molecule has 0 aliphatic carbocycles. The Morgan fingerprint density at radius 3 is 2.65 bits per heavy atom. The second-order valence-electron chi connectivity index (χ2n) is 4.62. The van der Waals surface area contributed by atoms with Gasteiger partial charge in [-0.3, -0.25) is 0 Å². The minimum Gasteiger partial charge on any atom is -0.366 e. The Bertz CT molecular complexity index is 677. The van der Waals surface area contributed by atoms with Crippen molar-refractivity contribution >= 4 is 33.2 Å².